The van der Waals surface area contributed by atoms with E-state index in [4.69, 9.17) is 11.5 Å². The minimum Gasteiger partial charge on any atom is -0.325 e. The molecule has 2 rings (SSSR count). The molecule has 84 valence electrons. The monoisotopic (exact) mass is 216 g/mol. The summed E-state index contributed by atoms with van der Waals surface area (Å²) in [7, 11) is 0. The van der Waals surface area contributed by atoms with Crippen molar-refractivity contribution >= 4 is 11.5 Å². The van der Waals surface area contributed by atoms with Crippen molar-refractivity contribution in [2.75, 3.05) is 6.54 Å². The Bertz CT molecular complexity index is 408. The quantitative estimate of drug-likeness (QED) is 0.780. The number of aliphatic imine (C=N–C) groups is 2. The Hall–Kier alpha value is -1.52. The summed E-state index contributed by atoms with van der Waals surface area (Å²) in [6.07, 6.45) is 1.21. The number of amidine groups is 1. The highest BCUT2D eigenvalue weighted by Gasteiger charge is 2.13. The van der Waals surface area contributed by atoms with E-state index in [2.05, 4.69) is 22.1 Å². The lowest BCUT2D eigenvalue weighted by molar-refractivity contribution is 0.723. The molecule has 0 saturated carbocycles. The van der Waals surface area contributed by atoms with Crippen LogP contribution in [-0.2, 0) is 6.42 Å². The summed E-state index contributed by atoms with van der Waals surface area (Å²) in [5.74, 6) is 0.783. The van der Waals surface area contributed by atoms with Crippen LogP contribution in [0, 0.1) is 0 Å². The van der Waals surface area contributed by atoms with Gasteiger partial charge in [-0.25, -0.2) is 4.99 Å². The van der Waals surface area contributed by atoms with Gasteiger partial charge in [0.05, 0.1) is 0 Å². The van der Waals surface area contributed by atoms with Crippen molar-refractivity contribution in [3.8, 4) is 0 Å². The van der Waals surface area contributed by atoms with Crippen LogP contribution < -0.4 is 11.5 Å². The average molecular weight is 216 g/mol. The maximum atomic E-state index is 5.82. The van der Waals surface area contributed by atoms with Gasteiger partial charge in [0.15, 0.2) is 0 Å². The van der Waals surface area contributed by atoms with E-state index < -0.39 is 0 Å². The van der Waals surface area contributed by atoms with Crippen molar-refractivity contribution in [2.24, 2.45) is 21.5 Å². The van der Waals surface area contributed by atoms with Gasteiger partial charge >= 0.3 is 0 Å². The number of hydrogen-bond acceptors (Lipinski definition) is 4. The number of nitrogens with two attached hydrogens (primary N) is 2. The third-order valence-electron chi connectivity index (χ3n) is 2.49. The Morgan fingerprint density at radius 2 is 2.00 bits per heavy atom. The van der Waals surface area contributed by atoms with Crippen LogP contribution in [0.5, 0.6) is 0 Å². The van der Waals surface area contributed by atoms with Crippen molar-refractivity contribution in [3.05, 3.63) is 35.9 Å². The van der Waals surface area contributed by atoms with Gasteiger partial charge in [-0.15, -0.1) is 0 Å². The van der Waals surface area contributed by atoms with Gasteiger partial charge in [0.2, 0.25) is 0 Å². The van der Waals surface area contributed by atoms with Crippen molar-refractivity contribution in [2.45, 2.75) is 19.0 Å². The zero-order valence-electron chi connectivity index (χ0n) is 9.13. The molecule has 1 aromatic carbocycles. The van der Waals surface area contributed by atoms with Crippen LogP contribution >= 0.6 is 0 Å². The van der Waals surface area contributed by atoms with Gasteiger partial charge in [0.1, 0.15) is 12.0 Å². The maximum absolute atomic E-state index is 5.82. The molecule has 0 aliphatic carbocycles. The molecule has 1 atom stereocenters. The predicted molar refractivity (Wildman–Crippen MR) is 66.7 cm³/mol. The molecular weight excluding hydrogens is 200 g/mol. The zero-order valence-corrected chi connectivity index (χ0v) is 9.13. The first-order valence-corrected chi connectivity index (χ1v) is 5.40. The molecule has 1 unspecified atom stereocenters. The number of rotatable bonds is 3. The van der Waals surface area contributed by atoms with E-state index in [1.807, 2.05) is 18.2 Å². The normalized spacial score (nSPS) is 20.2. The van der Waals surface area contributed by atoms with E-state index in [9.17, 15) is 0 Å². The second-order valence-corrected chi connectivity index (χ2v) is 3.86. The summed E-state index contributed by atoms with van der Waals surface area (Å²) in [5, 5.41) is 0. The van der Waals surface area contributed by atoms with Gasteiger partial charge in [0.25, 0.3) is 0 Å². The van der Waals surface area contributed by atoms with Crippen molar-refractivity contribution in [1.82, 2.24) is 0 Å². The molecule has 1 heterocycles. The second kappa shape index (κ2) is 5.01. The topological polar surface area (TPSA) is 76.8 Å². The molecule has 4 heteroatoms. The predicted octanol–water partition coefficient (Wildman–Crippen LogP) is 0.716. The minimum atomic E-state index is -0.185. The van der Waals surface area contributed by atoms with E-state index in [1.54, 1.807) is 0 Å². The lowest BCUT2D eigenvalue weighted by Gasteiger charge is -2.16. The number of nitrogens with zero attached hydrogens (tertiary/aromatic N) is 2. The van der Waals surface area contributed by atoms with E-state index in [1.165, 1.54) is 5.56 Å². The zero-order chi connectivity index (χ0) is 11.4. The second-order valence-electron chi connectivity index (χ2n) is 3.86. The maximum Gasteiger partial charge on any atom is 0.129 e. The van der Waals surface area contributed by atoms with Crippen molar-refractivity contribution in [3.63, 3.8) is 0 Å². The van der Waals surface area contributed by atoms with E-state index in [-0.39, 0.29) is 6.17 Å². The summed E-state index contributed by atoms with van der Waals surface area (Å²) in [6, 6.07) is 10.1. The molecule has 0 amide bonds. The fourth-order valence-electron chi connectivity index (χ4n) is 1.73. The van der Waals surface area contributed by atoms with Crippen LogP contribution in [0.15, 0.2) is 40.3 Å². The number of hydrogen-bond donors (Lipinski definition) is 2. The van der Waals surface area contributed by atoms with Gasteiger partial charge in [-0.2, -0.15) is 0 Å². The Kier molecular flexibility index (Phi) is 3.44. The smallest absolute Gasteiger partial charge is 0.129 e. The largest absolute Gasteiger partial charge is 0.325 e. The molecule has 4 nitrogen and oxygen atoms in total. The Labute approximate surface area is 95.1 Å². The molecule has 1 aliphatic rings. The summed E-state index contributed by atoms with van der Waals surface area (Å²) in [5.41, 5.74) is 13.5. The van der Waals surface area contributed by atoms with Gasteiger partial charge < -0.3 is 11.5 Å². The van der Waals surface area contributed by atoms with E-state index >= 15 is 0 Å². The van der Waals surface area contributed by atoms with E-state index in [0.717, 1.165) is 18.0 Å². The number of benzene rings is 1. The van der Waals surface area contributed by atoms with Gasteiger partial charge in [-0.3, -0.25) is 4.99 Å². The Balaban J connectivity index is 2.13. The third-order valence-corrected chi connectivity index (χ3v) is 2.49. The first kappa shape index (κ1) is 11.0. The van der Waals surface area contributed by atoms with Gasteiger partial charge in [-0.05, 0) is 5.56 Å². The van der Waals surface area contributed by atoms with Gasteiger partial charge in [0, 0.05) is 25.1 Å². The molecule has 4 N–H and O–H groups in total. The fourth-order valence-corrected chi connectivity index (χ4v) is 1.73. The molecular formula is C12H16N4. The molecule has 1 aliphatic heterocycles. The first-order chi connectivity index (χ1) is 7.78. The SMILES string of the molecule is NCC1=NC(Cc2ccccc2)=NC(N)C1. The van der Waals surface area contributed by atoms with Crippen LogP contribution in [-0.4, -0.2) is 24.3 Å². The van der Waals surface area contributed by atoms with E-state index in [0.29, 0.717) is 13.0 Å². The molecule has 0 bridgehead atoms. The molecule has 16 heavy (non-hydrogen) atoms. The van der Waals surface area contributed by atoms with Gasteiger partial charge in [-0.1, -0.05) is 30.3 Å². The van der Waals surface area contributed by atoms with Crippen LogP contribution in [0.1, 0.15) is 12.0 Å². The summed E-state index contributed by atoms with van der Waals surface area (Å²) in [6.45, 7) is 0.460. The molecule has 0 radical (unpaired) electrons. The Morgan fingerprint density at radius 1 is 1.25 bits per heavy atom. The minimum absolute atomic E-state index is 0.185. The third kappa shape index (κ3) is 2.74. The van der Waals surface area contributed by atoms with Crippen molar-refractivity contribution < 1.29 is 0 Å². The first-order valence-electron chi connectivity index (χ1n) is 5.40. The standard InChI is InChI=1S/C12H16N4/c13-8-10-7-11(14)16-12(15-10)6-9-4-2-1-3-5-9/h1-5,11H,6-8,13-14H2. The molecule has 1 aromatic rings. The van der Waals surface area contributed by atoms with Crippen LogP contribution in [0.3, 0.4) is 0 Å². The fraction of sp³-hybridized carbons (Fsp3) is 0.333. The van der Waals surface area contributed by atoms with Crippen LogP contribution in [0.4, 0.5) is 0 Å². The highest BCUT2D eigenvalue weighted by atomic mass is 15.0. The van der Waals surface area contributed by atoms with Crippen LogP contribution in [0.25, 0.3) is 0 Å². The molecule has 0 saturated heterocycles. The summed E-state index contributed by atoms with van der Waals surface area (Å²) in [4.78, 5) is 8.73. The average Bonchev–Trinajstić information content (AvgIpc) is 2.29. The lowest BCUT2D eigenvalue weighted by atomic mass is 10.1. The lowest BCUT2D eigenvalue weighted by Crippen LogP contribution is -2.31. The highest BCUT2D eigenvalue weighted by Crippen LogP contribution is 2.08. The summed E-state index contributed by atoms with van der Waals surface area (Å²) < 4.78 is 0. The molecule has 0 fully saturated rings. The Morgan fingerprint density at radius 3 is 2.69 bits per heavy atom. The van der Waals surface area contributed by atoms with Crippen LogP contribution in [0.2, 0.25) is 0 Å². The highest BCUT2D eigenvalue weighted by molar-refractivity contribution is 6.01. The summed E-state index contributed by atoms with van der Waals surface area (Å²) >= 11 is 0. The molecule has 0 aromatic heterocycles. The molecule has 0 spiro atoms. The van der Waals surface area contributed by atoms with Crippen molar-refractivity contribution in [1.29, 1.82) is 0 Å².